The van der Waals surface area contributed by atoms with E-state index in [9.17, 15) is 4.79 Å². The Bertz CT molecular complexity index is 661. The standard InChI is InChI=1S/C14H19N5O/c1-14(2,3)19-13-11(7-16-19)10(5-12(20)17-13)9-6-15-18(4)8-9/h6-8,10H,5H2,1-4H3,(H,17,20)/t10-/m0/s1. The van der Waals surface area contributed by atoms with Crippen molar-refractivity contribution in [2.45, 2.75) is 38.6 Å². The average molecular weight is 273 g/mol. The monoisotopic (exact) mass is 273 g/mol. The van der Waals surface area contributed by atoms with Crippen molar-refractivity contribution < 1.29 is 4.79 Å². The normalized spacial score (nSPS) is 18.8. The molecule has 6 heteroatoms. The summed E-state index contributed by atoms with van der Waals surface area (Å²) < 4.78 is 3.64. The third-order valence-corrected chi connectivity index (χ3v) is 3.58. The van der Waals surface area contributed by atoms with E-state index in [4.69, 9.17) is 0 Å². The third kappa shape index (κ3) is 2.01. The van der Waals surface area contributed by atoms with Gasteiger partial charge in [-0.1, -0.05) is 0 Å². The summed E-state index contributed by atoms with van der Waals surface area (Å²) in [6.07, 6.45) is 6.08. The van der Waals surface area contributed by atoms with Gasteiger partial charge in [0, 0.05) is 31.1 Å². The number of carbonyl (C=O) groups is 1. The Kier molecular flexibility index (Phi) is 2.70. The van der Waals surface area contributed by atoms with Gasteiger partial charge in [0.2, 0.25) is 5.91 Å². The second-order valence-corrected chi connectivity index (χ2v) is 6.28. The smallest absolute Gasteiger partial charge is 0.226 e. The molecule has 1 aliphatic rings. The highest BCUT2D eigenvalue weighted by Crippen LogP contribution is 2.38. The molecule has 0 fully saturated rings. The summed E-state index contributed by atoms with van der Waals surface area (Å²) in [6, 6.07) is 0. The van der Waals surface area contributed by atoms with Crippen LogP contribution in [0.3, 0.4) is 0 Å². The molecule has 1 aliphatic heterocycles. The van der Waals surface area contributed by atoms with E-state index in [0.29, 0.717) is 6.42 Å². The molecule has 3 rings (SSSR count). The summed E-state index contributed by atoms with van der Waals surface area (Å²) in [6.45, 7) is 6.21. The highest BCUT2D eigenvalue weighted by molar-refractivity contribution is 5.94. The number of hydrogen-bond acceptors (Lipinski definition) is 3. The highest BCUT2D eigenvalue weighted by atomic mass is 16.1. The van der Waals surface area contributed by atoms with Gasteiger partial charge in [-0.2, -0.15) is 10.2 Å². The minimum atomic E-state index is -0.169. The molecule has 0 aliphatic carbocycles. The number of amides is 1. The van der Waals surface area contributed by atoms with Crippen molar-refractivity contribution in [2.24, 2.45) is 7.05 Å². The largest absolute Gasteiger partial charge is 0.311 e. The van der Waals surface area contributed by atoms with Crippen molar-refractivity contribution >= 4 is 11.7 Å². The molecule has 1 atom stereocenters. The first-order chi connectivity index (χ1) is 9.36. The van der Waals surface area contributed by atoms with Gasteiger partial charge in [-0.15, -0.1) is 0 Å². The molecule has 20 heavy (non-hydrogen) atoms. The fraction of sp³-hybridized carbons (Fsp3) is 0.500. The molecule has 0 bridgehead atoms. The molecule has 0 radical (unpaired) electrons. The van der Waals surface area contributed by atoms with Crippen molar-refractivity contribution in [1.29, 1.82) is 0 Å². The lowest BCUT2D eigenvalue weighted by Gasteiger charge is -2.27. The Labute approximate surface area is 117 Å². The van der Waals surface area contributed by atoms with Gasteiger partial charge >= 0.3 is 0 Å². The first-order valence-electron chi connectivity index (χ1n) is 6.73. The summed E-state index contributed by atoms with van der Waals surface area (Å²) in [4.78, 5) is 12.0. The molecule has 1 N–H and O–H groups in total. The summed E-state index contributed by atoms with van der Waals surface area (Å²) in [7, 11) is 1.88. The fourth-order valence-electron chi connectivity index (χ4n) is 2.65. The van der Waals surface area contributed by atoms with Crippen LogP contribution in [0.2, 0.25) is 0 Å². The van der Waals surface area contributed by atoms with E-state index in [2.05, 4.69) is 36.3 Å². The number of hydrogen-bond donors (Lipinski definition) is 1. The molecule has 0 spiro atoms. The van der Waals surface area contributed by atoms with Gasteiger partial charge in [0.1, 0.15) is 5.82 Å². The van der Waals surface area contributed by atoms with Gasteiger partial charge in [-0.05, 0) is 26.3 Å². The van der Waals surface area contributed by atoms with E-state index >= 15 is 0 Å². The Morgan fingerprint density at radius 2 is 2.05 bits per heavy atom. The molecule has 1 amide bonds. The number of aromatic nitrogens is 4. The molecule has 0 aromatic carbocycles. The van der Waals surface area contributed by atoms with E-state index in [0.717, 1.165) is 16.9 Å². The van der Waals surface area contributed by atoms with Gasteiger partial charge < -0.3 is 5.32 Å². The fourth-order valence-corrected chi connectivity index (χ4v) is 2.65. The van der Waals surface area contributed by atoms with E-state index in [-0.39, 0.29) is 17.4 Å². The Morgan fingerprint density at radius 3 is 2.65 bits per heavy atom. The Balaban J connectivity index is 2.10. The first kappa shape index (κ1) is 12.9. The lowest BCUT2D eigenvalue weighted by Crippen LogP contribution is -2.30. The quantitative estimate of drug-likeness (QED) is 0.862. The predicted octanol–water partition coefficient (Wildman–Crippen LogP) is 1.85. The van der Waals surface area contributed by atoms with Crippen molar-refractivity contribution in [3.8, 4) is 0 Å². The van der Waals surface area contributed by atoms with Gasteiger partial charge in [-0.25, -0.2) is 4.68 Å². The van der Waals surface area contributed by atoms with Crippen LogP contribution in [-0.2, 0) is 17.4 Å². The lowest BCUT2D eigenvalue weighted by atomic mass is 9.89. The van der Waals surface area contributed by atoms with E-state index < -0.39 is 0 Å². The van der Waals surface area contributed by atoms with Gasteiger partial charge in [0.15, 0.2) is 0 Å². The highest BCUT2D eigenvalue weighted by Gasteiger charge is 2.33. The average Bonchev–Trinajstić information content (AvgIpc) is 2.93. The van der Waals surface area contributed by atoms with Crippen LogP contribution in [0.5, 0.6) is 0 Å². The molecule has 6 nitrogen and oxygen atoms in total. The zero-order chi connectivity index (χ0) is 14.5. The number of aryl methyl sites for hydroxylation is 1. The maximum absolute atomic E-state index is 12.0. The number of fused-ring (bicyclic) bond motifs is 1. The van der Waals surface area contributed by atoms with Crippen molar-refractivity contribution in [3.05, 3.63) is 29.7 Å². The minimum Gasteiger partial charge on any atom is -0.311 e. The van der Waals surface area contributed by atoms with E-state index in [1.807, 2.05) is 30.3 Å². The molecule has 3 heterocycles. The number of nitrogens with zero attached hydrogens (tertiary/aromatic N) is 4. The molecule has 0 unspecified atom stereocenters. The van der Waals surface area contributed by atoms with Crippen molar-refractivity contribution in [3.63, 3.8) is 0 Å². The minimum absolute atomic E-state index is 0.0253. The summed E-state index contributed by atoms with van der Waals surface area (Å²) in [5.74, 6) is 0.864. The van der Waals surface area contributed by atoms with Crippen LogP contribution in [0.25, 0.3) is 0 Å². The third-order valence-electron chi connectivity index (χ3n) is 3.58. The first-order valence-corrected chi connectivity index (χ1v) is 6.73. The summed E-state index contributed by atoms with van der Waals surface area (Å²) >= 11 is 0. The van der Waals surface area contributed by atoms with Crippen LogP contribution in [0.4, 0.5) is 5.82 Å². The van der Waals surface area contributed by atoms with Crippen LogP contribution in [0.15, 0.2) is 18.6 Å². The molecule has 0 saturated carbocycles. The summed E-state index contributed by atoms with van der Waals surface area (Å²) in [5.41, 5.74) is 1.95. The molecule has 2 aromatic heterocycles. The Morgan fingerprint density at radius 1 is 1.30 bits per heavy atom. The van der Waals surface area contributed by atoms with Gasteiger partial charge in [0.25, 0.3) is 0 Å². The van der Waals surface area contributed by atoms with Crippen molar-refractivity contribution in [2.75, 3.05) is 5.32 Å². The van der Waals surface area contributed by atoms with Gasteiger partial charge in [0.05, 0.1) is 17.9 Å². The molecular weight excluding hydrogens is 254 g/mol. The molecular formula is C14H19N5O. The number of rotatable bonds is 1. The van der Waals surface area contributed by atoms with Crippen molar-refractivity contribution in [1.82, 2.24) is 19.6 Å². The maximum atomic E-state index is 12.0. The molecule has 106 valence electrons. The number of carbonyl (C=O) groups excluding carboxylic acids is 1. The Hall–Kier alpha value is -2.11. The molecule has 0 saturated heterocycles. The second-order valence-electron chi connectivity index (χ2n) is 6.28. The van der Waals surface area contributed by atoms with Crippen LogP contribution < -0.4 is 5.32 Å². The zero-order valence-corrected chi connectivity index (χ0v) is 12.2. The van der Waals surface area contributed by atoms with Crippen LogP contribution >= 0.6 is 0 Å². The lowest BCUT2D eigenvalue weighted by molar-refractivity contribution is -0.116. The maximum Gasteiger partial charge on any atom is 0.226 e. The molecule has 2 aromatic rings. The van der Waals surface area contributed by atoms with E-state index in [1.54, 1.807) is 4.68 Å². The summed E-state index contributed by atoms with van der Waals surface area (Å²) in [5, 5.41) is 11.6. The van der Waals surface area contributed by atoms with Crippen LogP contribution in [-0.4, -0.2) is 25.5 Å². The van der Waals surface area contributed by atoms with Crippen LogP contribution in [0.1, 0.15) is 44.2 Å². The zero-order valence-electron chi connectivity index (χ0n) is 12.2. The van der Waals surface area contributed by atoms with E-state index in [1.165, 1.54) is 0 Å². The number of anilines is 1. The van der Waals surface area contributed by atoms with Crippen LogP contribution in [0, 0.1) is 0 Å². The SMILES string of the molecule is Cn1cc([C@@H]2CC(=O)Nc3c2cnn3C(C)(C)C)cn1. The number of nitrogens with one attached hydrogen (secondary N) is 1. The predicted molar refractivity (Wildman–Crippen MR) is 75.5 cm³/mol. The topological polar surface area (TPSA) is 64.7 Å². The van der Waals surface area contributed by atoms with Gasteiger partial charge in [-0.3, -0.25) is 9.48 Å². The second kappa shape index (κ2) is 4.19.